The highest BCUT2D eigenvalue weighted by molar-refractivity contribution is 5.93. The Morgan fingerprint density at radius 3 is 2.03 bits per heavy atom. The standard InChI is InChI=1S/C12H18N4O3.C11H15N3O3/c1-3-5-6-16-10-9(11(18)14-12(16)19)15(4-2)8(7-17)13-10;1-2-3-4-14-9-8(5-7(6-15)12-9)10(16)13-11(14)17/h17H,3-7H2,1-2H3,(H,14,18,19);15H,2-6H2,1H3,(H,13,16,17). The van der Waals surface area contributed by atoms with Crippen molar-refractivity contribution in [1.29, 1.82) is 0 Å². The highest BCUT2D eigenvalue weighted by atomic mass is 16.3. The molecule has 0 fully saturated rings. The lowest BCUT2D eigenvalue weighted by Gasteiger charge is -2.07. The van der Waals surface area contributed by atoms with E-state index in [0.29, 0.717) is 60.1 Å². The van der Waals surface area contributed by atoms with Crippen LogP contribution in [0.5, 0.6) is 0 Å². The number of aryl methyl sites for hydroxylation is 2. The summed E-state index contributed by atoms with van der Waals surface area (Å²) in [6.45, 7) is 7.03. The van der Waals surface area contributed by atoms with Crippen LogP contribution in [0.3, 0.4) is 0 Å². The lowest BCUT2D eigenvalue weighted by Crippen LogP contribution is -2.31. The zero-order valence-corrected chi connectivity index (χ0v) is 20.8. The zero-order chi connectivity index (χ0) is 26.4. The van der Waals surface area contributed by atoms with Crippen molar-refractivity contribution < 1.29 is 10.2 Å². The lowest BCUT2D eigenvalue weighted by atomic mass is 10.2. The van der Waals surface area contributed by atoms with Gasteiger partial charge in [0.15, 0.2) is 11.2 Å². The number of unbranched alkanes of at least 4 members (excludes halogenated alkanes) is 2. The van der Waals surface area contributed by atoms with E-state index in [1.54, 1.807) is 4.57 Å². The Kier molecular flexibility index (Phi) is 8.93. The van der Waals surface area contributed by atoms with Gasteiger partial charge in [0.05, 0.1) is 17.9 Å². The minimum Gasteiger partial charge on any atom is -0.390 e. The minimum atomic E-state index is -0.457. The molecule has 36 heavy (non-hydrogen) atoms. The van der Waals surface area contributed by atoms with Crippen LogP contribution in [-0.2, 0) is 32.7 Å². The van der Waals surface area contributed by atoms with Gasteiger partial charge >= 0.3 is 11.4 Å². The number of hydrogen-bond donors (Lipinski definition) is 4. The van der Waals surface area contributed by atoms with Gasteiger partial charge < -0.3 is 14.8 Å². The summed E-state index contributed by atoms with van der Waals surface area (Å²) in [7, 11) is 0. The smallest absolute Gasteiger partial charge is 0.330 e. The Hall–Kier alpha value is -3.58. The number of fused-ring (bicyclic) bond motifs is 2. The summed E-state index contributed by atoms with van der Waals surface area (Å²) in [6, 6.07) is 0. The van der Waals surface area contributed by atoms with Crippen LogP contribution in [0.25, 0.3) is 11.2 Å². The van der Waals surface area contributed by atoms with Gasteiger partial charge in [-0.3, -0.25) is 28.7 Å². The van der Waals surface area contributed by atoms with Gasteiger partial charge in [0.25, 0.3) is 11.1 Å². The van der Waals surface area contributed by atoms with Gasteiger partial charge in [-0.1, -0.05) is 26.7 Å². The summed E-state index contributed by atoms with van der Waals surface area (Å²) in [5, 5.41) is 18.3. The van der Waals surface area contributed by atoms with Crippen LogP contribution in [0.4, 0.5) is 5.82 Å². The third-order valence-electron chi connectivity index (χ3n) is 5.99. The fraction of sp³-hybridized carbons (Fsp3) is 0.565. The molecule has 0 unspecified atom stereocenters. The van der Waals surface area contributed by atoms with Crippen LogP contribution in [0.1, 0.15) is 57.8 Å². The quantitative estimate of drug-likeness (QED) is 0.321. The molecular formula is C23H33N7O6. The summed E-state index contributed by atoms with van der Waals surface area (Å²) < 4.78 is 4.57. The molecule has 1 aliphatic rings. The van der Waals surface area contributed by atoms with E-state index in [4.69, 9.17) is 5.11 Å². The van der Waals surface area contributed by atoms with Crippen molar-refractivity contribution in [2.24, 2.45) is 4.99 Å². The molecule has 0 bridgehead atoms. The second-order valence-electron chi connectivity index (χ2n) is 8.45. The minimum absolute atomic E-state index is 0.184. The van der Waals surface area contributed by atoms with Crippen molar-refractivity contribution in [2.75, 3.05) is 6.61 Å². The van der Waals surface area contributed by atoms with E-state index in [9.17, 15) is 24.3 Å². The van der Waals surface area contributed by atoms with Crippen LogP contribution in [0.15, 0.2) is 24.2 Å². The fourth-order valence-electron chi connectivity index (χ4n) is 4.10. The highest BCUT2D eigenvalue weighted by Gasteiger charge is 2.22. The SMILES string of the molecule is CCCCn1c(=O)[nH]c(=O)c2c1nc(CO)n2CC.CCCCn1c2c(c(=O)[nH]c1=O)CC(CO)=N2. The monoisotopic (exact) mass is 503 g/mol. The van der Waals surface area contributed by atoms with Gasteiger partial charge in [-0.05, 0) is 19.8 Å². The van der Waals surface area contributed by atoms with Gasteiger partial charge in [-0.2, -0.15) is 0 Å². The largest absolute Gasteiger partial charge is 0.390 e. The van der Waals surface area contributed by atoms with Crippen molar-refractivity contribution in [3.63, 3.8) is 0 Å². The van der Waals surface area contributed by atoms with Crippen molar-refractivity contribution in [3.8, 4) is 0 Å². The number of H-pyrrole nitrogens is 2. The maximum absolute atomic E-state index is 11.9. The third-order valence-corrected chi connectivity index (χ3v) is 5.99. The van der Waals surface area contributed by atoms with Crippen LogP contribution in [0.2, 0.25) is 0 Å². The van der Waals surface area contributed by atoms with Crippen LogP contribution < -0.4 is 22.5 Å². The predicted molar refractivity (Wildman–Crippen MR) is 135 cm³/mol. The molecule has 0 saturated heterocycles. The first-order valence-corrected chi connectivity index (χ1v) is 12.2. The van der Waals surface area contributed by atoms with Gasteiger partial charge in [0, 0.05) is 26.1 Å². The van der Waals surface area contributed by atoms with Gasteiger partial charge in [0.1, 0.15) is 18.2 Å². The molecule has 3 aromatic rings. The zero-order valence-electron chi connectivity index (χ0n) is 20.8. The van der Waals surface area contributed by atoms with Crippen molar-refractivity contribution >= 4 is 22.7 Å². The molecule has 196 valence electrons. The third kappa shape index (κ3) is 5.31. The van der Waals surface area contributed by atoms with Gasteiger partial charge in [-0.25, -0.2) is 19.6 Å². The summed E-state index contributed by atoms with van der Waals surface area (Å²) in [6.07, 6.45) is 3.90. The Bertz CT molecular complexity index is 1490. The molecule has 13 nitrogen and oxygen atoms in total. The lowest BCUT2D eigenvalue weighted by molar-refractivity contribution is 0.266. The Morgan fingerprint density at radius 1 is 0.833 bits per heavy atom. The van der Waals surface area contributed by atoms with E-state index in [-0.39, 0.29) is 13.2 Å². The predicted octanol–water partition coefficient (Wildman–Crippen LogP) is 0.156. The first kappa shape index (κ1) is 27.0. The molecule has 1 aliphatic heterocycles. The summed E-state index contributed by atoms with van der Waals surface area (Å²) in [5.41, 5.74) is -0.0189. The summed E-state index contributed by atoms with van der Waals surface area (Å²) >= 11 is 0. The first-order valence-electron chi connectivity index (χ1n) is 12.2. The van der Waals surface area contributed by atoms with Crippen molar-refractivity contribution in [1.82, 2.24) is 28.7 Å². The van der Waals surface area contributed by atoms with Crippen LogP contribution in [0, 0.1) is 0 Å². The van der Waals surface area contributed by atoms with E-state index >= 15 is 0 Å². The molecule has 0 saturated carbocycles. The second-order valence-corrected chi connectivity index (χ2v) is 8.45. The number of rotatable bonds is 9. The molecule has 13 heteroatoms. The van der Waals surface area contributed by atoms with E-state index in [1.807, 2.05) is 20.8 Å². The second kappa shape index (κ2) is 11.9. The molecule has 3 aromatic heterocycles. The molecule has 0 amide bonds. The number of hydrogen-bond acceptors (Lipinski definition) is 8. The average Bonchev–Trinajstić information content (AvgIpc) is 3.46. The normalized spacial score (nSPS) is 12.4. The van der Waals surface area contributed by atoms with Crippen LogP contribution in [-0.4, -0.2) is 51.2 Å². The number of aliphatic imine (C=N–C) groups is 1. The Labute approximate surface area is 205 Å². The summed E-state index contributed by atoms with van der Waals surface area (Å²) in [4.78, 5) is 60.0. The van der Waals surface area contributed by atoms with Crippen molar-refractivity contribution in [3.05, 3.63) is 53.1 Å². The van der Waals surface area contributed by atoms with Crippen molar-refractivity contribution in [2.45, 2.75) is 79.1 Å². The number of aliphatic hydroxyl groups is 2. The topological polar surface area (TPSA) is 180 Å². The summed E-state index contributed by atoms with van der Waals surface area (Å²) in [5.74, 6) is 0.815. The van der Waals surface area contributed by atoms with Crippen LogP contribution >= 0.6 is 0 Å². The maximum Gasteiger partial charge on any atom is 0.330 e. The molecule has 4 heterocycles. The molecule has 0 aromatic carbocycles. The fourth-order valence-corrected chi connectivity index (χ4v) is 4.10. The molecule has 0 spiro atoms. The Morgan fingerprint density at radius 2 is 1.44 bits per heavy atom. The molecule has 0 radical (unpaired) electrons. The molecule has 4 rings (SSSR count). The first-order chi connectivity index (χ1) is 17.3. The molecule has 0 aliphatic carbocycles. The van der Waals surface area contributed by atoms with E-state index in [2.05, 4.69) is 19.9 Å². The molecular weight excluding hydrogens is 470 g/mol. The van der Waals surface area contributed by atoms with E-state index in [1.165, 1.54) is 9.13 Å². The van der Waals surface area contributed by atoms with E-state index in [0.717, 1.165) is 25.7 Å². The number of aromatic amines is 2. The number of aliphatic hydroxyl groups excluding tert-OH is 2. The number of nitrogens with one attached hydrogen (secondary N) is 2. The van der Waals surface area contributed by atoms with Gasteiger partial charge in [0.2, 0.25) is 0 Å². The van der Waals surface area contributed by atoms with E-state index < -0.39 is 22.5 Å². The number of aromatic nitrogens is 6. The number of imidazole rings is 1. The maximum atomic E-state index is 11.9. The number of nitrogens with zero attached hydrogens (tertiary/aromatic N) is 5. The molecule has 4 N–H and O–H groups in total. The van der Waals surface area contributed by atoms with Gasteiger partial charge in [-0.15, -0.1) is 0 Å². The molecule has 0 atom stereocenters. The average molecular weight is 504 g/mol. The Balaban J connectivity index is 0.000000202. The highest BCUT2D eigenvalue weighted by Crippen LogP contribution is 2.22.